The van der Waals surface area contributed by atoms with Crippen molar-refractivity contribution in [3.05, 3.63) is 38.9 Å². The van der Waals surface area contributed by atoms with E-state index in [0.29, 0.717) is 25.5 Å². The standard InChI is InChI=1S/C20H29N5O2S.HI/c1-4-16-15(17(5-2)27-24-16)12-23-20(21-3)22-9-6-19(26)25-10-7-18-14(13-25)8-11-28-18;/h8,11H,4-7,9-10,12-13H2,1-3H3,(H2,21,22,23);1H. The molecule has 0 saturated carbocycles. The largest absolute Gasteiger partial charge is 0.361 e. The van der Waals surface area contributed by atoms with Crippen LogP contribution in [0.2, 0.25) is 0 Å². The zero-order valence-electron chi connectivity index (χ0n) is 17.3. The lowest BCUT2D eigenvalue weighted by atomic mass is 10.1. The number of fused-ring (bicyclic) bond motifs is 1. The van der Waals surface area contributed by atoms with Gasteiger partial charge in [-0.05, 0) is 29.9 Å². The predicted octanol–water partition coefficient (Wildman–Crippen LogP) is 3.12. The fourth-order valence-electron chi connectivity index (χ4n) is 3.44. The van der Waals surface area contributed by atoms with E-state index >= 15 is 0 Å². The minimum absolute atomic E-state index is 0. The molecular weight excluding hydrogens is 501 g/mol. The van der Waals surface area contributed by atoms with Crippen molar-refractivity contribution < 1.29 is 9.32 Å². The first-order valence-electron chi connectivity index (χ1n) is 9.90. The number of halogens is 1. The number of amides is 1. The molecular formula is C20H30IN5O2S. The average Bonchev–Trinajstić information content (AvgIpc) is 3.35. The first kappa shape index (κ1) is 23.7. The molecule has 0 atom stereocenters. The molecule has 3 rings (SSSR count). The van der Waals surface area contributed by atoms with Gasteiger partial charge in [0.15, 0.2) is 5.96 Å². The van der Waals surface area contributed by atoms with Gasteiger partial charge in [-0.3, -0.25) is 9.79 Å². The maximum atomic E-state index is 12.5. The summed E-state index contributed by atoms with van der Waals surface area (Å²) < 4.78 is 5.40. The van der Waals surface area contributed by atoms with E-state index in [1.54, 1.807) is 18.4 Å². The van der Waals surface area contributed by atoms with E-state index in [4.69, 9.17) is 4.52 Å². The molecule has 3 heterocycles. The van der Waals surface area contributed by atoms with E-state index in [9.17, 15) is 4.79 Å². The second-order valence-corrected chi connectivity index (χ2v) is 7.78. The number of thiophene rings is 1. The fraction of sp³-hybridized carbons (Fsp3) is 0.550. The molecule has 0 fully saturated rings. The second-order valence-electron chi connectivity index (χ2n) is 6.77. The summed E-state index contributed by atoms with van der Waals surface area (Å²) in [4.78, 5) is 20.1. The summed E-state index contributed by atoms with van der Waals surface area (Å²) in [7, 11) is 1.73. The van der Waals surface area contributed by atoms with Crippen LogP contribution >= 0.6 is 35.3 Å². The Bertz CT molecular complexity index is 811. The van der Waals surface area contributed by atoms with Crippen molar-refractivity contribution in [1.29, 1.82) is 0 Å². The van der Waals surface area contributed by atoms with Crippen LogP contribution < -0.4 is 10.6 Å². The van der Waals surface area contributed by atoms with Gasteiger partial charge in [0, 0.05) is 56.5 Å². The molecule has 1 aliphatic heterocycles. The Morgan fingerprint density at radius 1 is 1.34 bits per heavy atom. The van der Waals surface area contributed by atoms with Crippen molar-refractivity contribution in [2.75, 3.05) is 20.1 Å². The molecule has 2 aromatic heterocycles. The summed E-state index contributed by atoms with van der Waals surface area (Å²) >= 11 is 1.79. The number of aliphatic imine (C=N–C) groups is 1. The summed E-state index contributed by atoms with van der Waals surface area (Å²) in [6.45, 7) is 6.83. The lowest BCUT2D eigenvalue weighted by Crippen LogP contribution is -2.41. The van der Waals surface area contributed by atoms with Crippen LogP contribution in [0.3, 0.4) is 0 Å². The van der Waals surface area contributed by atoms with Crippen molar-refractivity contribution >= 4 is 47.2 Å². The molecule has 0 radical (unpaired) electrons. The molecule has 0 saturated heterocycles. The quantitative estimate of drug-likeness (QED) is 0.326. The molecule has 1 amide bonds. The third kappa shape index (κ3) is 5.94. The molecule has 0 unspecified atom stereocenters. The van der Waals surface area contributed by atoms with Crippen LogP contribution in [-0.4, -0.2) is 42.1 Å². The number of carbonyl (C=O) groups is 1. The van der Waals surface area contributed by atoms with E-state index in [1.807, 2.05) is 4.90 Å². The molecule has 0 aromatic carbocycles. The van der Waals surface area contributed by atoms with Crippen LogP contribution in [0.4, 0.5) is 0 Å². The Morgan fingerprint density at radius 3 is 2.90 bits per heavy atom. The molecule has 0 bridgehead atoms. The smallest absolute Gasteiger partial charge is 0.224 e. The van der Waals surface area contributed by atoms with E-state index in [2.05, 4.69) is 46.1 Å². The first-order valence-corrected chi connectivity index (χ1v) is 10.8. The summed E-state index contributed by atoms with van der Waals surface area (Å²) in [5.74, 6) is 1.77. The van der Waals surface area contributed by atoms with E-state index in [-0.39, 0.29) is 29.9 Å². The molecule has 9 heteroatoms. The first-order chi connectivity index (χ1) is 13.7. The van der Waals surface area contributed by atoms with E-state index in [1.165, 1.54) is 10.4 Å². The van der Waals surface area contributed by atoms with Crippen LogP contribution in [0, 0.1) is 0 Å². The number of hydrogen-bond acceptors (Lipinski definition) is 5. The van der Waals surface area contributed by atoms with Crippen LogP contribution in [0.25, 0.3) is 0 Å². The zero-order valence-corrected chi connectivity index (χ0v) is 20.4. The Morgan fingerprint density at radius 2 is 2.17 bits per heavy atom. The van der Waals surface area contributed by atoms with Crippen LogP contribution in [0.15, 0.2) is 21.0 Å². The highest BCUT2D eigenvalue weighted by molar-refractivity contribution is 14.0. The van der Waals surface area contributed by atoms with Gasteiger partial charge >= 0.3 is 0 Å². The Labute approximate surface area is 193 Å². The van der Waals surface area contributed by atoms with Gasteiger partial charge in [0.25, 0.3) is 0 Å². The molecule has 0 aliphatic carbocycles. The van der Waals surface area contributed by atoms with Gasteiger partial charge in [-0.2, -0.15) is 0 Å². The maximum Gasteiger partial charge on any atom is 0.224 e. The molecule has 7 nitrogen and oxygen atoms in total. The highest BCUT2D eigenvalue weighted by atomic mass is 127. The Balaban J connectivity index is 0.00000300. The van der Waals surface area contributed by atoms with Crippen LogP contribution in [0.1, 0.15) is 47.7 Å². The van der Waals surface area contributed by atoms with E-state index < -0.39 is 0 Å². The molecule has 2 N–H and O–H groups in total. The average molecular weight is 531 g/mol. The molecule has 1 aliphatic rings. The maximum absolute atomic E-state index is 12.5. The van der Waals surface area contributed by atoms with Crippen molar-refractivity contribution in [2.45, 2.75) is 52.6 Å². The monoisotopic (exact) mass is 531 g/mol. The number of guanidine groups is 1. The number of hydrogen-bond donors (Lipinski definition) is 2. The summed E-state index contributed by atoms with van der Waals surface area (Å²) in [6.07, 6.45) is 3.07. The SMILES string of the molecule is CCc1noc(CC)c1CNC(=NC)NCCC(=O)N1CCc2sccc2C1.I. The third-order valence-electron chi connectivity index (χ3n) is 5.05. The minimum atomic E-state index is 0. The van der Waals surface area contributed by atoms with Gasteiger partial charge in [0.05, 0.1) is 5.69 Å². The van der Waals surface area contributed by atoms with Crippen LogP contribution in [0.5, 0.6) is 0 Å². The molecule has 160 valence electrons. The van der Waals surface area contributed by atoms with Gasteiger partial charge in [0.2, 0.25) is 5.91 Å². The Kier molecular flexibility index (Phi) is 9.41. The molecule has 29 heavy (non-hydrogen) atoms. The third-order valence-corrected chi connectivity index (χ3v) is 6.08. The predicted molar refractivity (Wildman–Crippen MR) is 127 cm³/mol. The summed E-state index contributed by atoms with van der Waals surface area (Å²) in [5.41, 5.74) is 3.37. The van der Waals surface area contributed by atoms with Crippen molar-refractivity contribution in [3.8, 4) is 0 Å². The summed E-state index contributed by atoms with van der Waals surface area (Å²) in [6, 6.07) is 2.13. The van der Waals surface area contributed by atoms with Gasteiger partial charge in [0.1, 0.15) is 5.76 Å². The van der Waals surface area contributed by atoms with Crippen molar-refractivity contribution in [3.63, 3.8) is 0 Å². The number of nitrogens with zero attached hydrogens (tertiary/aromatic N) is 3. The molecule has 2 aromatic rings. The molecule has 0 spiro atoms. The lowest BCUT2D eigenvalue weighted by molar-refractivity contribution is -0.131. The van der Waals surface area contributed by atoms with Crippen LogP contribution in [-0.2, 0) is 37.1 Å². The number of aryl methyl sites for hydroxylation is 2. The van der Waals surface area contributed by atoms with Gasteiger partial charge in [-0.1, -0.05) is 19.0 Å². The van der Waals surface area contributed by atoms with Crippen molar-refractivity contribution in [2.24, 2.45) is 4.99 Å². The normalized spacial score (nSPS) is 13.6. The topological polar surface area (TPSA) is 82.8 Å². The zero-order chi connectivity index (χ0) is 19.9. The highest BCUT2D eigenvalue weighted by Crippen LogP contribution is 2.24. The van der Waals surface area contributed by atoms with E-state index in [0.717, 1.165) is 49.4 Å². The number of nitrogens with one attached hydrogen (secondary N) is 2. The highest BCUT2D eigenvalue weighted by Gasteiger charge is 2.21. The number of rotatable bonds is 7. The summed E-state index contributed by atoms with van der Waals surface area (Å²) in [5, 5.41) is 12.8. The van der Waals surface area contributed by atoms with Crippen molar-refractivity contribution in [1.82, 2.24) is 20.7 Å². The van der Waals surface area contributed by atoms with Gasteiger partial charge < -0.3 is 20.1 Å². The second kappa shape index (κ2) is 11.5. The minimum Gasteiger partial charge on any atom is -0.361 e. The Hall–Kier alpha value is -1.62. The van der Waals surface area contributed by atoms with Gasteiger partial charge in [-0.15, -0.1) is 35.3 Å². The number of aromatic nitrogens is 1. The van der Waals surface area contributed by atoms with Gasteiger partial charge in [-0.25, -0.2) is 0 Å². The fourth-order valence-corrected chi connectivity index (χ4v) is 4.33. The lowest BCUT2D eigenvalue weighted by Gasteiger charge is -2.27. The number of carbonyl (C=O) groups excluding carboxylic acids is 1.